The van der Waals surface area contributed by atoms with Crippen molar-refractivity contribution < 1.29 is 17.6 Å². The maximum atomic E-state index is 12.6. The van der Waals surface area contributed by atoms with E-state index < -0.39 is 17.6 Å². The van der Waals surface area contributed by atoms with Crippen molar-refractivity contribution in [1.29, 1.82) is 0 Å². The molecule has 72 valence electrons. The Morgan fingerprint density at radius 3 is 2.08 bits per heavy atom. The lowest BCUT2D eigenvalue weighted by molar-refractivity contribution is -0.138. The van der Waals surface area contributed by atoms with Gasteiger partial charge in [0.2, 0.25) is 0 Å². The van der Waals surface area contributed by atoms with E-state index in [-0.39, 0.29) is 5.56 Å². The first-order valence-electron chi connectivity index (χ1n) is 3.66. The van der Waals surface area contributed by atoms with Gasteiger partial charge in [0.1, 0.15) is 5.82 Å². The SMILES string of the molecule is Cc1cc(F)cc(C(F)(F)F)c1C. The third kappa shape index (κ3) is 1.99. The van der Waals surface area contributed by atoms with Gasteiger partial charge in [0.25, 0.3) is 0 Å². The fourth-order valence-corrected chi connectivity index (χ4v) is 1.11. The molecule has 0 amide bonds. The van der Waals surface area contributed by atoms with Gasteiger partial charge < -0.3 is 0 Å². The van der Waals surface area contributed by atoms with Crippen molar-refractivity contribution in [1.82, 2.24) is 0 Å². The van der Waals surface area contributed by atoms with Crippen LogP contribution in [0.5, 0.6) is 0 Å². The van der Waals surface area contributed by atoms with Crippen molar-refractivity contribution in [3.05, 3.63) is 34.6 Å². The molecule has 0 atom stereocenters. The van der Waals surface area contributed by atoms with E-state index in [4.69, 9.17) is 0 Å². The van der Waals surface area contributed by atoms with Crippen LogP contribution >= 0.6 is 0 Å². The van der Waals surface area contributed by atoms with Crippen molar-refractivity contribution in [2.75, 3.05) is 0 Å². The molecule has 0 bridgehead atoms. The van der Waals surface area contributed by atoms with Crippen molar-refractivity contribution >= 4 is 0 Å². The lowest BCUT2D eigenvalue weighted by Gasteiger charge is -2.11. The molecule has 0 heterocycles. The monoisotopic (exact) mass is 192 g/mol. The van der Waals surface area contributed by atoms with Crippen LogP contribution in [0.4, 0.5) is 17.6 Å². The van der Waals surface area contributed by atoms with Gasteiger partial charge in [0.05, 0.1) is 5.56 Å². The summed E-state index contributed by atoms with van der Waals surface area (Å²) in [6.45, 7) is 2.78. The highest BCUT2D eigenvalue weighted by Gasteiger charge is 2.33. The molecule has 0 radical (unpaired) electrons. The average molecular weight is 192 g/mol. The van der Waals surface area contributed by atoms with Gasteiger partial charge in [0.15, 0.2) is 0 Å². The lowest BCUT2D eigenvalue weighted by atomic mass is 10.0. The standard InChI is InChI=1S/C9H8F4/c1-5-3-7(10)4-8(6(5)2)9(11,12)13/h3-4H,1-2H3. The van der Waals surface area contributed by atoms with E-state index in [0.29, 0.717) is 11.6 Å². The van der Waals surface area contributed by atoms with E-state index in [9.17, 15) is 17.6 Å². The van der Waals surface area contributed by atoms with Gasteiger partial charge >= 0.3 is 6.18 Å². The molecule has 0 nitrogen and oxygen atoms in total. The first-order valence-corrected chi connectivity index (χ1v) is 3.66. The van der Waals surface area contributed by atoms with Gasteiger partial charge in [-0.05, 0) is 37.1 Å². The smallest absolute Gasteiger partial charge is 0.207 e. The maximum absolute atomic E-state index is 12.6. The minimum Gasteiger partial charge on any atom is -0.207 e. The highest BCUT2D eigenvalue weighted by molar-refractivity contribution is 5.35. The van der Waals surface area contributed by atoms with Crippen LogP contribution in [-0.2, 0) is 6.18 Å². The third-order valence-electron chi connectivity index (χ3n) is 1.94. The van der Waals surface area contributed by atoms with Crippen LogP contribution in [0, 0.1) is 19.7 Å². The van der Waals surface area contributed by atoms with E-state index in [0.717, 1.165) is 6.07 Å². The molecule has 4 heteroatoms. The van der Waals surface area contributed by atoms with Gasteiger partial charge in [-0.25, -0.2) is 4.39 Å². The number of hydrogen-bond donors (Lipinski definition) is 0. The van der Waals surface area contributed by atoms with E-state index in [1.54, 1.807) is 0 Å². The normalized spacial score (nSPS) is 11.8. The number of alkyl halides is 3. The minimum absolute atomic E-state index is 0.0777. The summed E-state index contributed by atoms with van der Waals surface area (Å²) in [5, 5.41) is 0. The van der Waals surface area contributed by atoms with Crippen LogP contribution in [0.2, 0.25) is 0 Å². The fraction of sp³-hybridized carbons (Fsp3) is 0.333. The van der Waals surface area contributed by atoms with Gasteiger partial charge in [-0.1, -0.05) is 0 Å². The summed E-state index contributed by atoms with van der Waals surface area (Å²) < 4.78 is 49.4. The molecule has 0 aliphatic heterocycles. The van der Waals surface area contributed by atoms with Crippen LogP contribution in [0.15, 0.2) is 12.1 Å². The molecule has 0 saturated heterocycles. The van der Waals surface area contributed by atoms with Crippen molar-refractivity contribution in [2.24, 2.45) is 0 Å². The average Bonchev–Trinajstić information content (AvgIpc) is 1.94. The molecule has 0 fully saturated rings. The first-order chi connectivity index (χ1) is 5.82. The van der Waals surface area contributed by atoms with Crippen molar-refractivity contribution in [2.45, 2.75) is 20.0 Å². The predicted molar refractivity (Wildman–Crippen MR) is 40.9 cm³/mol. The molecule has 13 heavy (non-hydrogen) atoms. The zero-order chi connectivity index (χ0) is 10.2. The second kappa shape index (κ2) is 3.01. The quantitative estimate of drug-likeness (QED) is 0.552. The van der Waals surface area contributed by atoms with Crippen LogP contribution in [0.25, 0.3) is 0 Å². The Morgan fingerprint density at radius 1 is 1.08 bits per heavy atom. The molecule has 1 aromatic carbocycles. The number of benzene rings is 1. The Morgan fingerprint density at radius 2 is 1.62 bits per heavy atom. The second-order valence-corrected chi connectivity index (χ2v) is 2.89. The van der Waals surface area contributed by atoms with Gasteiger partial charge in [-0.2, -0.15) is 13.2 Å². The van der Waals surface area contributed by atoms with E-state index in [2.05, 4.69) is 0 Å². The summed E-state index contributed by atoms with van der Waals surface area (Å²) >= 11 is 0. The van der Waals surface area contributed by atoms with Crippen LogP contribution in [0.3, 0.4) is 0 Å². The molecule has 0 aromatic heterocycles. The molecule has 0 aliphatic carbocycles. The molecular formula is C9H8F4. The minimum atomic E-state index is -4.48. The van der Waals surface area contributed by atoms with E-state index in [1.807, 2.05) is 0 Å². The second-order valence-electron chi connectivity index (χ2n) is 2.89. The number of aryl methyl sites for hydroxylation is 1. The highest BCUT2D eigenvalue weighted by atomic mass is 19.4. The molecule has 0 aliphatic rings. The summed E-state index contributed by atoms with van der Waals surface area (Å²) in [6, 6.07) is 1.60. The maximum Gasteiger partial charge on any atom is 0.416 e. The first kappa shape index (κ1) is 10.0. The van der Waals surface area contributed by atoms with E-state index in [1.165, 1.54) is 13.8 Å². The Hall–Kier alpha value is -1.06. The third-order valence-corrected chi connectivity index (χ3v) is 1.94. The Labute approximate surface area is 73.2 Å². The summed E-state index contributed by atoms with van der Waals surface area (Å²) in [4.78, 5) is 0. The fourth-order valence-electron chi connectivity index (χ4n) is 1.11. The van der Waals surface area contributed by atoms with Crippen LogP contribution in [-0.4, -0.2) is 0 Å². The van der Waals surface area contributed by atoms with Crippen molar-refractivity contribution in [3.63, 3.8) is 0 Å². The van der Waals surface area contributed by atoms with Crippen molar-refractivity contribution in [3.8, 4) is 0 Å². The zero-order valence-corrected chi connectivity index (χ0v) is 7.17. The lowest BCUT2D eigenvalue weighted by Crippen LogP contribution is -2.09. The molecule has 0 N–H and O–H groups in total. The summed E-state index contributed by atoms with van der Waals surface area (Å²) in [7, 11) is 0. The summed E-state index contributed by atoms with van der Waals surface area (Å²) in [6.07, 6.45) is -4.48. The largest absolute Gasteiger partial charge is 0.416 e. The molecular weight excluding hydrogens is 184 g/mol. The van der Waals surface area contributed by atoms with Gasteiger partial charge in [0, 0.05) is 0 Å². The van der Waals surface area contributed by atoms with Gasteiger partial charge in [-0.3, -0.25) is 0 Å². The molecule has 1 rings (SSSR count). The summed E-state index contributed by atoms with van der Waals surface area (Å²) in [5.74, 6) is -0.851. The molecule has 0 saturated carbocycles. The predicted octanol–water partition coefficient (Wildman–Crippen LogP) is 3.46. The van der Waals surface area contributed by atoms with E-state index >= 15 is 0 Å². The highest BCUT2D eigenvalue weighted by Crippen LogP contribution is 2.33. The van der Waals surface area contributed by atoms with Gasteiger partial charge in [-0.15, -0.1) is 0 Å². The van der Waals surface area contributed by atoms with Crippen LogP contribution in [0.1, 0.15) is 16.7 Å². The Balaban J connectivity index is 3.37. The Bertz CT molecular complexity index is 325. The number of hydrogen-bond acceptors (Lipinski definition) is 0. The number of halogens is 4. The molecule has 0 unspecified atom stereocenters. The topological polar surface area (TPSA) is 0 Å². The Kier molecular flexibility index (Phi) is 2.32. The number of rotatable bonds is 0. The molecule has 1 aromatic rings. The molecule has 0 spiro atoms. The van der Waals surface area contributed by atoms with Crippen LogP contribution < -0.4 is 0 Å². The summed E-state index contributed by atoms with van der Waals surface area (Å²) in [5.41, 5.74) is -0.508. The zero-order valence-electron chi connectivity index (χ0n) is 7.17.